The van der Waals surface area contributed by atoms with Crippen molar-refractivity contribution in [1.29, 1.82) is 0 Å². The second-order valence-electron chi connectivity index (χ2n) is 7.43. The smallest absolute Gasteiger partial charge is 0.0624 e. The van der Waals surface area contributed by atoms with Crippen molar-refractivity contribution < 1.29 is 0 Å². The van der Waals surface area contributed by atoms with Gasteiger partial charge in [-0.15, -0.1) is 0 Å². The number of rotatable bonds is 6. The Balaban J connectivity index is 2.07. The van der Waals surface area contributed by atoms with E-state index in [9.17, 15) is 0 Å². The molecule has 20 heavy (non-hydrogen) atoms. The van der Waals surface area contributed by atoms with Crippen LogP contribution in [0.5, 0.6) is 0 Å². The second kappa shape index (κ2) is 5.88. The fourth-order valence-electron chi connectivity index (χ4n) is 3.03. The lowest BCUT2D eigenvalue weighted by molar-refractivity contribution is 0.115. The minimum absolute atomic E-state index is 0.210. The van der Waals surface area contributed by atoms with E-state index in [0.717, 1.165) is 19.5 Å². The van der Waals surface area contributed by atoms with Gasteiger partial charge < -0.3 is 5.32 Å². The molecular weight excluding hydrogens is 246 g/mol. The third kappa shape index (κ3) is 3.63. The molecule has 0 saturated heterocycles. The minimum Gasteiger partial charge on any atom is -0.312 e. The highest BCUT2D eigenvalue weighted by atomic mass is 15.3. The van der Waals surface area contributed by atoms with Gasteiger partial charge >= 0.3 is 0 Å². The Kier molecular flexibility index (Phi) is 4.58. The van der Waals surface area contributed by atoms with Crippen molar-refractivity contribution >= 4 is 0 Å². The van der Waals surface area contributed by atoms with Gasteiger partial charge in [-0.1, -0.05) is 13.3 Å². The number of nitrogens with zero attached hydrogens (tertiary/aromatic N) is 2. The molecule has 0 aliphatic heterocycles. The lowest BCUT2D eigenvalue weighted by Gasteiger charge is -2.44. The average molecular weight is 277 g/mol. The van der Waals surface area contributed by atoms with Crippen molar-refractivity contribution in [3.8, 4) is 0 Å². The molecule has 1 aliphatic carbocycles. The maximum absolute atomic E-state index is 4.69. The quantitative estimate of drug-likeness (QED) is 0.861. The van der Waals surface area contributed by atoms with E-state index in [0.29, 0.717) is 5.41 Å². The van der Waals surface area contributed by atoms with Crippen LogP contribution in [0.25, 0.3) is 0 Å². The average Bonchev–Trinajstić information content (AvgIpc) is 2.73. The molecule has 0 amide bonds. The van der Waals surface area contributed by atoms with Crippen molar-refractivity contribution in [3.05, 3.63) is 17.5 Å². The molecule has 0 radical (unpaired) electrons. The summed E-state index contributed by atoms with van der Waals surface area (Å²) < 4.78 is 2.20. The van der Waals surface area contributed by atoms with Crippen molar-refractivity contribution in [2.24, 2.45) is 5.41 Å². The van der Waals surface area contributed by atoms with E-state index in [4.69, 9.17) is 5.10 Å². The van der Waals surface area contributed by atoms with Gasteiger partial charge in [0.25, 0.3) is 0 Å². The summed E-state index contributed by atoms with van der Waals surface area (Å²) in [6.07, 6.45) is 6.30. The standard InChI is InChI=1S/C17H31N3/c1-6-14-11-15(20(7-2)19-14)12-17(9-8-10-17)13-18-16(3,4)5/h11,18H,6-10,12-13H2,1-5H3. The van der Waals surface area contributed by atoms with Gasteiger partial charge in [0.15, 0.2) is 0 Å². The highest BCUT2D eigenvalue weighted by Crippen LogP contribution is 2.43. The highest BCUT2D eigenvalue weighted by molar-refractivity contribution is 5.14. The molecule has 3 heteroatoms. The normalized spacial score (nSPS) is 18.1. The molecule has 1 heterocycles. The molecule has 0 aromatic carbocycles. The van der Waals surface area contributed by atoms with Crippen molar-refractivity contribution in [2.45, 2.75) is 78.8 Å². The summed E-state index contributed by atoms with van der Waals surface area (Å²) in [5.74, 6) is 0. The van der Waals surface area contributed by atoms with Crippen LogP contribution in [-0.4, -0.2) is 21.9 Å². The molecule has 0 unspecified atom stereocenters. The first-order valence-electron chi connectivity index (χ1n) is 8.18. The molecule has 2 rings (SSSR count). The molecule has 0 bridgehead atoms. The zero-order valence-electron chi connectivity index (χ0n) is 13.9. The first-order chi connectivity index (χ1) is 9.37. The Hall–Kier alpha value is -0.830. The third-order valence-corrected chi connectivity index (χ3v) is 4.54. The Labute approximate surface area is 124 Å². The largest absolute Gasteiger partial charge is 0.312 e. The molecule has 0 atom stereocenters. The molecule has 1 saturated carbocycles. The number of hydrogen-bond acceptors (Lipinski definition) is 2. The summed E-state index contributed by atoms with van der Waals surface area (Å²) in [7, 11) is 0. The SMILES string of the molecule is CCc1cc(CC2(CNC(C)(C)C)CCC2)n(CC)n1. The van der Waals surface area contributed by atoms with Crippen LogP contribution in [0.1, 0.15) is 65.3 Å². The zero-order chi connectivity index (χ0) is 14.8. The molecule has 1 fully saturated rings. The van der Waals surface area contributed by atoms with E-state index in [-0.39, 0.29) is 5.54 Å². The Morgan fingerprint density at radius 3 is 2.45 bits per heavy atom. The summed E-state index contributed by atoms with van der Waals surface area (Å²) in [5, 5.41) is 8.41. The highest BCUT2D eigenvalue weighted by Gasteiger charge is 2.38. The van der Waals surface area contributed by atoms with E-state index in [2.05, 4.69) is 50.7 Å². The van der Waals surface area contributed by atoms with Gasteiger partial charge in [0.2, 0.25) is 0 Å². The first kappa shape index (κ1) is 15.6. The molecule has 1 aliphatic rings. The summed E-state index contributed by atoms with van der Waals surface area (Å²) in [5.41, 5.74) is 3.34. The van der Waals surface area contributed by atoms with Gasteiger partial charge in [-0.05, 0) is 64.9 Å². The Morgan fingerprint density at radius 2 is 2.00 bits per heavy atom. The minimum atomic E-state index is 0.210. The first-order valence-corrected chi connectivity index (χ1v) is 8.18. The maximum Gasteiger partial charge on any atom is 0.0624 e. The van der Waals surface area contributed by atoms with Crippen LogP contribution in [0, 0.1) is 5.41 Å². The van der Waals surface area contributed by atoms with Crippen molar-refractivity contribution in [3.63, 3.8) is 0 Å². The molecular formula is C17H31N3. The van der Waals surface area contributed by atoms with Gasteiger partial charge in [0.1, 0.15) is 0 Å². The molecule has 114 valence electrons. The van der Waals surface area contributed by atoms with E-state index in [1.807, 2.05) is 0 Å². The molecule has 1 N–H and O–H groups in total. The molecule has 1 aromatic rings. The van der Waals surface area contributed by atoms with Crippen molar-refractivity contribution in [1.82, 2.24) is 15.1 Å². The topological polar surface area (TPSA) is 29.9 Å². The molecule has 0 spiro atoms. The van der Waals surface area contributed by atoms with Crippen LogP contribution in [0.2, 0.25) is 0 Å². The lowest BCUT2D eigenvalue weighted by atomic mass is 9.65. The maximum atomic E-state index is 4.69. The number of aromatic nitrogens is 2. The zero-order valence-corrected chi connectivity index (χ0v) is 13.9. The van der Waals surface area contributed by atoms with Gasteiger partial charge in [0, 0.05) is 24.3 Å². The molecule has 3 nitrogen and oxygen atoms in total. The van der Waals surface area contributed by atoms with Crippen LogP contribution in [0.15, 0.2) is 6.07 Å². The van der Waals surface area contributed by atoms with Gasteiger partial charge in [-0.3, -0.25) is 4.68 Å². The van der Waals surface area contributed by atoms with Crippen LogP contribution in [0.4, 0.5) is 0 Å². The number of aryl methyl sites for hydroxylation is 2. The third-order valence-electron chi connectivity index (χ3n) is 4.54. The lowest BCUT2D eigenvalue weighted by Crippen LogP contribution is -2.48. The van der Waals surface area contributed by atoms with Crippen molar-refractivity contribution in [2.75, 3.05) is 6.54 Å². The van der Waals surface area contributed by atoms with E-state index < -0.39 is 0 Å². The van der Waals surface area contributed by atoms with Gasteiger partial charge in [-0.25, -0.2) is 0 Å². The van der Waals surface area contributed by atoms with Crippen LogP contribution >= 0.6 is 0 Å². The Morgan fingerprint density at radius 1 is 1.30 bits per heavy atom. The fraction of sp³-hybridized carbons (Fsp3) is 0.824. The van der Waals surface area contributed by atoms with Crippen LogP contribution in [0.3, 0.4) is 0 Å². The van der Waals surface area contributed by atoms with Gasteiger partial charge in [-0.2, -0.15) is 5.10 Å². The van der Waals surface area contributed by atoms with E-state index in [1.54, 1.807) is 0 Å². The van der Waals surface area contributed by atoms with E-state index in [1.165, 1.54) is 37.1 Å². The van der Waals surface area contributed by atoms with Crippen LogP contribution in [-0.2, 0) is 19.4 Å². The summed E-state index contributed by atoms with van der Waals surface area (Å²) in [6.45, 7) is 13.3. The molecule has 1 aromatic heterocycles. The Bertz CT molecular complexity index is 436. The monoisotopic (exact) mass is 277 g/mol. The fourth-order valence-corrected chi connectivity index (χ4v) is 3.03. The number of hydrogen-bond donors (Lipinski definition) is 1. The summed E-state index contributed by atoms with van der Waals surface area (Å²) in [4.78, 5) is 0. The predicted octanol–water partition coefficient (Wildman–Crippen LogP) is 3.57. The number of nitrogens with one attached hydrogen (secondary N) is 1. The van der Waals surface area contributed by atoms with E-state index >= 15 is 0 Å². The van der Waals surface area contributed by atoms with Crippen LogP contribution < -0.4 is 5.32 Å². The second-order valence-corrected chi connectivity index (χ2v) is 7.43. The summed E-state index contributed by atoms with van der Waals surface area (Å²) in [6, 6.07) is 2.32. The summed E-state index contributed by atoms with van der Waals surface area (Å²) >= 11 is 0. The van der Waals surface area contributed by atoms with Gasteiger partial charge in [0.05, 0.1) is 5.69 Å². The predicted molar refractivity (Wildman–Crippen MR) is 85.0 cm³/mol.